The summed E-state index contributed by atoms with van der Waals surface area (Å²) in [6.07, 6.45) is 5.29. The maximum atomic E-state index is 12.6. The van der Waals surface area contributed by atoms with Gasteiger partial charge in [0, 0.05) is 24.7 Å². The van der Waals surface area contributed by atoms with Crippen LogP contribution in [0.2, 0.25) is 0 Å². The van der Waals surface area contributed by atoms with E-state index in [1.54, 1.807) is 0 Å². The molecular weight excluding hydrogens is 423 g/mol. The number of carbonyl (C=O) groups excluding carboxylic acids is 2. The predicted octanol–water partition coefficient (Wildman–Crippen LogP) is -1.50. The van der Waals surface area contributed by atoms with Crippen molar-refractivity contribution < 1.29 is 64.3 Å². The van der Waals surface area contributed by atoms with Crippen LogP contribution >= 0.6 is 0 Å². The number of aliphatic hydroxyl groups excluding tert-OH is 3. The first-order valence-corrected chi connectivity index (χ1v) is 11.5. The van der Waals surface area contributed by atoms with Crippen molar-refractivity contribution in [3.63, 3.8) is 0 Å². The first-order valence-electron chi connectivity index (χ1n) is 11.5. The Labute approximate surface area is 213 Å². The van der Waals surface area contributed by atoms with Crippen LogP contribution in [0.15, 0.2) is 23.8 Å². The molecule has 2 rings (SSSR count). The fourth-order valence-electron chi connectivity index (χ4n) is 4.90. The average Bonchev–Trinajstić information content (AvgIpc) is 2.66. The fourth-order valence-corrected chi connectivity index (χ4v) is 4.90. The summed E-state index contributed by atoms with van der Waals surface area (Å²) in [5.41, 5.74) is 0.953. The van der Waals surface area contributed by atoms with Crippen LogP contribution in [0.5, 0.6) is 0 Å². The van der Waals surface area contributed by atoms with E-state index in [9.17, 15) is 30.0 Å². The molecule has 0 aromatic carbocycles. The summed E-state index contributed by atoms with van der Waals surface area (Å²) in [6.45, 7) is 5.96. The molecule has 0 saturated heterocycles. The Morgan fingerprint density at radius 1 is 1.25 bits per heavy atom. The molecule has 8 heteroatoms. The van der Waals surface area contributed by atoms with E-state index in [1.807, 2.05) is 26.0 Å². The maximum absolute atomic E-state index is 12.6. The van der Waals surface area contributed by atoms with Gasteiger partial charge in [-0.3, -0.25) is 4.79 Å². The van der Waals surface area contributed by atoms with E-state index in [2.05, 4.69) is 13.0 Å². The third-order valence-corrected chi connectivity index (χ3v) is 6.54. The number of carboxylic acids is 1. The quantitative estimate of drug-likeness (QED) is 0.253. The average molecular weight is 461 g/mol. The zero-order chi connectivity index (χ0) is 23.1. The van der Waals surface area contributed by atoms with Gasteiger partial charge in [0.15, 0.2) is 0 Å². The summed E-state index contributed by atoms with van der Waals surface area (Å²) in [5.74, 6) is -1.57. The summed E-state index contributed by atoms with van der Waals surface area (Å²) in [4.78, 5) is 23.2. The Balaban J connectivity index is 0.00000512. The van der Waals surface area contributed by atoms with Gasteiger partial charge in [-0.15, -0.1) is 0 Å². The number of hydrogen-bond acceptors (Lipinski definition) is 7. The van der Waals surface area contributed by atoms with Crippen molar-refractivity contribution in [1.82, 2.24) is 0 Å². The molecule has 2 aliphatic rings. The number of fused-ring (bicyclic) bond motifs is 1. The first-order chi connectivity index (χ1) is 14.6. The first kappa shape index (κ1) is 29.3. The Morgan fingerprint density at radius 2 is 1.94 bits per heavy atom. The molecule has 0 aromatic heterocycles. The minimum absolute atomic E-state index is 0. The van der Waals surface area contributed by atoms with Crippen LogP contribution in [-0.2, 0) is 14.3 Å². The van der Waals surface area contributed by atoms with E-state index < -0.39 is 36.8 Å². The van der Waals surface area contributed by atoms with Gasteiger partial charge in [0.25, 0.3) is 0 Å². The third-order valence-electron chi connectivity index (χ3n) is 6.54. The molecule has 176 valence electrons. The van der Waals surface area contributed by atoms with E-state index in [-0.39, 0.29) is 65.6 Å². The van der Waals surface area contributed by atoms with Gasteiger partial charge in [0.05, 0.1) is 24.2 Å². The maximum Gasteiger partial charge on any atom is 1.00 e. The smallest absolute Gasteiger partial charge is 0.550 e. The molecule has 0 aromatic rings. The summed E-state index contributed by atoms with van der Waals surface area (Å²) in [6, 6.07) is 0. The number of allylic oxidation sites excluding steroid dienone is 2. The van der Waals surface area contributed by atoms with E-state index in [4.69, 9.17) is 4.74 Å². The molecule has 32 heavy (non-hydrogen) atoms. The second-order valence-corrected chi connectivity index (χ2v) is 9.24. The SMILES string of the molecule is CCC[C@H](C)C(=O)O[C@H]1C[C@H](O)C=C2C=C[C@H](C)[C@H](CC[C@@H](O)C[C@H](O)CC(=O)[O-])[C@H]21.[Na+]. The topological polar surface area (TPSA) is 127 Å². The number of aliphatic hydroxyl groups is 3. The van der Waals surface area contributed by atoms with E-state index in [0.29, 0.717) is 19.3 Å². The molecule has 0 saturated carbocycles. The molecule has 8 atom stereocenters. The molecule has 0 aliphatic heterocycles. The number of aliphatic carboxylic acids is 1. The number of esters is 1. The molecule has 0 fully saturated rings. The van der Waals surface area contributed by atoms with Crippen molar-refractivity contribution in [1.29, 1.82) is 0 Å². The Morgan fingerprint density at radius 3 is 2.56 bits per heavy atom. The summed E-state index contributed by atoms with van der Waals surface area (Å²) < 4.78 is 5.89. The van der Waals surface area contributed by atoms with Gasteiger partial charge in [0.1, 0.15) is 6.10 Å². The van der Waals surface area contributed by atoms with Crippen LogP contribution in [0.1, 0.15) is 65.7 Å². The fraction of sp³-hybridized carbons (Fsp3) is 0.750. The number of ether oxygens (including phenoxy) is 1. The van der Waals surface area contributed by atoms with Crippen LogP contribution in [-0.4, -0.2) is 51.7 Å². The van der Waals surface area contributed by atoms with E-state index >= 15 is 0 Å². The predicted molar refractivity (Wildman–Crippen MR) is 113 cm³/mol. The number of carboxylic acid groups (broad SMARTS) is 1. The second-order valence-electron chi connectivity index (χ2n) is 9.24. The standard InChI is InChI=1S/C24H38O7.Na/c1-4-5-15(3)24(30)31-21-12-18(26)10-16-7-6-14(2)20(23(16)21)9-8-17(25)11-19(27)13-22(28)29;/h6-7,10,14-15,17-21,23,25-27H,4-5,8-9,11-13H2,1-3H3,(H,28,29);/q;+1/p-1/t14-,15-,17+,18+,19-,20-,21-,23-;/m0./s1. The Kier molecular flexibility index (Phi) is 12.7. The van der Waals surface area contributed by atoms with Crippen LogP contribution in [0.4, 0.5) is 0 Å². The summed E-state index contributed by atoms with van der Waals surface area (Å²) in [5, 5.41) is 40.9. The van der Waals surface area contributed by atoms with Gasteiger partial charge in [-0.05, 0) is 43.1 Å². The number of rotatable bonds is 11. The Hall–Kier alpha value is -0.700. The van der Waals surface area contributed by atoms with Gasteiger partial charge < -0.3 is 30.0 Å². The molecule has 3 N–H and O–H groups in total. The van der Waals surface area contributed by atoms with Crippen molar-refractivity contribution in [3.8, 4) is 0 Å². The summed E-state index contributed by atoms with van der Waals surface area (Å²) >= 11 is 0. The summed E-state index contributed by atoms with van der Waals surface area (Å²) in [7, 11) is 0. The number of hydrogen-bond donors (Lipinski definition) is 3. The van der Waals surface area contributed by atoms with Gasteiger partial charge in [-0.25, -0.2) is 0 Å². The van der Waals surface area contributed by atoms with Gasteiger partial charge in [-0.1, -0.05) is 45.4 Å². The van der Waals surface area contributed by atoms with Crippen molar-refractivity contribution in [2.24, 2.45) is 23.7 Å². The molecule has 0 spiro atoms. The molecule has 2 aliphatic carbocycles. The van der Waals surface area contributed by atoms with Gasteiger partial charge in [-0.2, -0.15) is 0 Å². The molecule has 0 bridgehead atoms. The van der Waals surface area contributed by atoms with Crippen molar-refractivity contribution in [2.75, 3.05) is 0 Å². The zero-order valence-corrected chi connectivity index (χ0v) is 21.8. The van der Waals surface area contributed by atoms with Crippen molar-refractivity contribution in [2.45, 2.75) is 90.1 Å². The van der Waals surface area contributed by atoms with E-state index in [1.165, 1.54) is 0 Å². The second kappa shape index (κ2) is 13.9. The van der Waals surface area contributed by atoms with Gasteiger partial charge >= 0.3 is 35.5 Å². The van der Waals surface area contributed by atoms with E-state index in [0.717, 1.165) is 18.4 Å². The van der Waals surface area contributed by atoms with Crippen LogP contribution < -0.4 is 34.7 Å². The molecule has 0 radical (unpaired) electrons. The monoisotopic (exact) mass is 460 g/mol. The number of carbonyl (C=O) groups is 2. The molecule has 7 nitrogen and oxygen atoms in total. The van der Waals surface area contributed by atoms with Crippen LogP contribution in [0.25, 0.3) is 0 Å². The molecule has 0 unspecified atom stereocenters. The zero-order valence-electron chi connectivity index (χ0n) is 19.8. The Bertz CT molecular complexity index is 677. The van der Waals surface area contributed by atoms with Crippen LogP contribution in [0, 0.1) is 23.7 Å². The molecule has 0 amide bonds. The molecule has 0 heterocycles. The van der Waals surface area contributed by atoms with Crippen molar-refractivity contribution >= 4 is 11.9 Å². The third kappa shape index (κ3) is 8.58. The van der Waals surface area contributed by atoms with Crippen LogP contribution in [0.3, 0.4) is 0 Å². The largest absolute Gasteiger partial charge is 1.00 e. The normalized spacial score (nSPS) is 29.7. The minimum Gasteiger partial charge on any atom is -0.550 e. The van der Waals surface area contributed by atoms with Crippen molar-refractivity contribution in [3.05, 3.63) is 23.8 Å². The minimum atomic E-state index is -1.34. The van der Waals surface area contributed by atoms with Gasteiger partial charge in [0.2, 0.25) is 0 Å². The molecular formula is C24H37NaO7.